The Morgan fingerprint density at radius 1 is 1.12 bits per heavy atom. The van der Waals surface area contributed by atoms with E-state index in [0.717, 1.165) is 14.4 Å². The summed E-state index contributed by atoms with van der Waals surface area (Å²) in [6, 6.07) is 0. The quantitative estimate of drug-likeness (QED) is 0.389. The van der Waals surface area contributed by atoms with Crippen LogP contribution in [0.4, 0.5) is 0 Å². The first-order valence-electron chi connectivity index (χ1n) is 7.56. The fraction of sp³-hybridized carbons (Fsp3) is 1.00. The highest BCUT2D eigenvalue weighted by molar-refractivity contribution is 7.36. The van der Waals surface area contributed by atoms with Crippen LogP contribution in [0.5, 0.6) is 0 Å². The van der Waals surface area contributed by atoms with Gasteiger partial charge in [0.1, 0.15) is 0 Å². The van der Waals surface area contributed by atoms with Gasteiger partial charge in [0.2, 0.25) is 0 Å². The third kappa shape index (κ3) is 9.03. The van der Waals surface area contributed by atoms with Crippen LogP contribution in [0.25, 0.3) is 0 Å². The van der Waals surface area contributed by atoms with Crippen molar-refractivity contribution in [2.75, 3.05) is 6.54 Å². The van der Waals surface area contributed by atoms with E-state index in [0.29, 0.717) is 5.41 Å². The van der Waals surface area contributed by atoms with Gasteiger partial charge in [-0.2, -0.15) is 0 Å². The van der Waals surface area contributed by atoms with Gasteiger partial charge in [0.25, 0.3) is 0 Å². The second kappa shape index (κ2) is 10.3. The van der Waals surface area contributed by atoms with Gasteiger partial charge in [-0.25, -0.2) is 0 Å². The van der Waals surface area contributed by atoms with Gasteiger partial charge < -0.3 is 0 Å². The van der Waals surface area contributed by atoms with Crippen molar-refractivity contribution in [1.29, 1.82) is 0 Å². The van der Waals surface area contributed by atoms with E-state index in [4.69, 9.17) is 0 Å². The van der Waals surface area contributed by atoms with Crippen molar-refractivity contribution >= 4 is 8.73 Å². The van der Waals surface area contributed by atoms with Crippen molar-refractivity contribution in [2.45, 2.75) is 85.2 Å². The Bertz CT molecular complexity index is 172. The van der Waals surface area contributed by atoms with Gasteiger partial charge in [-0.1, -0.05) is 62.6 Å². The van der Waals surface area contributed by atoms with Crippen molar-refractivity contribution in [3.05, 3.63) is 0 Å². The topological polar surface area (TPSA) is 12.0 Å². The molecule has 0 fully saturated rings. The molecular formula is C15H34NP. The molecule has 1 N–H and O–H groups in total. The first-order valence-corrected chi connectivity index (χ1v) is 8.64. The molecule has 0 aliphatic heterocycles. The minimum atomic E-state index is 0.594. The summed E-state index contributed by atoms with van der Waals surface area (Å²) in [5, 5.41) is 3.62. The Kier molecular flexibility index (Phi) is 10.6. The van der Waals surface area contributed by atoms with Gasteiger partial charge in [0.05, 0.1) is 0 Å². The van der Waals surface area contributed by atoms with E-state index in [9.17, 15) is 0 Å². The molecule has 0 aliphatic carbocycles. The van der Waals surface area contributed by atoms with E-state index in [2.05, 4.69) is 39.7 Å². The average molecular weight is 259 g/mol. The molecule has 17 heavy (non-hydrogen) atoms. The standard InChI is InChI=1S/C15H34NP/c1-6-9-11-15(5,8-3)12-10-13-16-17-14(4)7-2/h14,16-17H,6-13H2,1-5H3. The van der Waals surface area contributed by atoms with E-state index < -0.39 is 0 Å². The van der Waals surface area contributed by atoms with Gasteiger partial charge in [0.15, 0.2) is 0 Å². The van der Waals surface area contributed by atoms with Crippen LogP contribution in [0.1, 0.15) is 79.6 Å². The lowest BCUT2D eigenvalue weighted by molar-refractivity contribution is 0.247. The predicted molar refractivity (Wildman–Crippen MR) is 83.2 cm³/mol. The monoisotopic (exact) mass is 259 g/mol. The van der Waals surface area contributed by atoms with E-state index in [1.165, 1.54) is 51.5 Å². The van der Waals surface area contributed by atoms with Crippen molar-refractivity contribution in [3.8, 4) is 0 Å². The van der Waals surface area contributed by atoms with Crippen LogP contribution in [0.15, 0.2) is 0 Å². The molecule has 0 saturated heterocycles. The summed E-state index contributed by atoms with van der Waals surface area (Å²) in [4.78, 5) is 0. The highest BCUT2D eigenvalue weighted by atomic mass is 31.1. The largest absolute Gasteiger partial charge is 0.298 e. The van der Waals surface area contributed by atoms with Gasteiger partial charge in [-0.3, -0.25) is 5.09 Å². The summed E-state index contributed by atoms with van der Waals surface area (Å²) in [5.74, 6) is 0. The zero-order valence-corrected chi connectivity index (χ0v) is 13.7. The highest BCUT2D eigenvalue weighted by Gasteiger charge is 2.20. The molecule has 0 spiro atoms. The van der Waals surface area contributed by atoms with Crippen LogP contribution in [0, 0.1) is 5.41 Å². The Morgan fingerprint density at radius 3 is 2.29 bits per heavy atom. The summed E-state index contributed by atoms with van der Waals surface area (Å²) in [6.07, 6.45) is 9.51. The normalized spacial score (nSPS) is 17.5. The van der Waals surface area contributed by atoms with Gasteiger partial charge in [0, 0.05) is 0 Å². The third-order valence-corrected chi connectivity index (χ3v) is 5.39. The average Bonchev–Trinajstić information content (AvgIpc) is 2.35. The molecule has 3 atom stereocenters. The lowest BCUT2D eigenvalue weighted by Gasteiger charge is -2.28. The fourth-order valence-corrected chi connectivity index (χ4v) is 2.91. The summed E-state index contributed by atoms with van der Waals surface area (Å²) in [5.41, 5.74) is 1.45. The Morgan fingerprint density at radius 2 is 1.76 bits per heavy atom. The first kappa shape index (κ1) is 17.4. The summed E-state index contributed by atoms with van der Waals surface area (Å²) < 4.78 is 0. The van der Waals surface area contributed by atoms with Crippen molar-refractivity contribution in [3.63, 3.8) is 0 Å². The number of hydrogen-bond acceptors (Lipinski definition) is 1. The van der Waals surface area contributed by atoms with Gasteiger partial charge in [-0.05, 0) is 43.3 Å². The minimum Gasteiger partial charge on any atom is -0.298 e. The molecule has 0 aliphatic rings. The third-order valence-electron chi connectivity index (χ3n) is 4.03. The number of unbranched alkanes of at least 4 members (excludes halogenated alkanes) is 1. The van der Waals surface area contributed by atoms with Crippen molar-refractivity contribution in [2.24, 2.45) is 5.41 Å². The maximum atomic E-state index is 3.62. The highest BCUT2D eigenvalue weighted by Crippen LogP contribution is 2.33. The maximum absolute atomic E-state index is 3.62. The minimum absolute atomic E-state index is 0.594. The van der Waals surface area contributed by atoms with Crippen LogP contribution in [0.2, 0.25) is 0 Å². The van der Waals surface area contributed by atoms with Crippen LogP contribution >= 0.6 is 8.73 Å². The van der Waals surface area contributed by atoms with Crippen LogP contribution in [-0.2, 0) is 0 Å². The molecule has 3 unspecified atom stereocenters. The van der Waals surface area contributed by atoms with Crippen molar-refractivity contribution < 1.29 is 0 Å². The Hall–Kier alpha value is 0.390. The molecule has 1 nitrogen and oxygen atoms in total. The second-order valence-corrected chi connectivity index (χ2v) is 7.38. The zero-order valence-electron chi connectivity index (χ0n) is 12.7. The fourth-order valence-electron chi connectivity index (χ4n) is 2.03. The van der Waals surface area contributed by atoms with Gasteiger partial charge in [-0.15, -0.1) is 0 Å². The van der Waals surface area contributed by atoms with E-state index in [1.54, 1.807) is 0 Å². The lowest BCUT2D eigenvalue weighted by Crippen LogP contribution is -2.18. The molecular weight excluding hydrogens is 225 g/mol. The van der Waals surface area contributed by atoms with E-state index in [-0.39, 0.29) is 0 Å². The van der Waals surface area contributed by atoms with Crippen molar-refractivity contribution in [1.82, 2.24) is 5.09 Å². The molecule has 104 valence electrons. The Balaban J connectivity index is 3.62. The predicted octanol–water partition coefficient (Wildman–Crippen LogP) is 5.35. The Labute approximate surface area is 111 Å². The summed E-state index contributed by atoms with van der Waals surface area (Å²) in [6.45, 7) is 12.9. The molecule has 0 radical (unpaired) electrons. The van der Waals surface area contributed by atoms with E-state index in [1.807, 2.05) is 0 Å². The maximum Gasteiger partial charge on any atom is -0.00119 e. The molecule has 0 amide bonds. The molecule has 0 heterocycles. The molecule has 0 rings (SSSR count). The molecule has 0 aromatic carbocycles. The second-order valence-electron chi connectivity index (χ2n) is 5.75. The number of nitrogens with one attached hydrogen (secondary N) is 1. The summed E-state index contributed by atoms with van der Waals surface area (Å²) in [7, 11) is 0.951. The zero-order chi connectivity index (χ0) is 13.1. The summed E-state index contributed by atoms with van der Waals surface area (Å²) >= 11 is 0. The van der Waals surface area contributed by atoms with Crippen LogP contribution < -0.4 is 5.09 Å². The van der Waals surface area contributed by atoms with Crippen LogP contribution in [-0.4, -0.2) is 12.2 Å². The lowest BCUT2D eigenvalue weighted by atomic mass is 9.78. The molecule has 0 bridgehead atoms. The molecule has 0 saturated carbocycles. The molecule has 0 aromatic rings. The smallest absolute Gasteiger partial charge is 0.00119 e. The van der Waals surface area contributed by atoms with Crippen LogP contribution in [0.3, 0.4) is 0 Å². The SMILES string of the molecule is CCCCC(C)(CC)CCCNPC(C)CC. The van der Waals surface area contributed by atoms with Gasteiger partial charge >= 0.3 is 0 Å². The molecule has 0 aromatic heterocycles. The number of rotatable bonds is 11. The number of hydrogen-bond donors (Lipinski definition) is 1. The molecule has 2 heteroatoms. The van der Waals surface area contributed by atoms with E-state index >= 15 is 0 Å². The first-order chi connectivity index (χ1) is 8.08.